The average Bonchev–Trinajstić information content (AvgIpc) is 2.97. The van der Waals surface area contributed by atoms with Crippen LogP contribution in [0.5, 0.6) is 0 Å². The molecule has 3 rings (SSSR count). The number of nitrogens with one attached hydrogen (secondary N) is 2. The van der Waals surface area contributed by atoms with Crippen LogP contribution in [0.1, 0.15) is 19.4 Å². The van der Waals surface area contributed by atoms with Gasteiger partial charge in [0.1, 0.15) is 6.04 Å². The number of para-hydroxylation sites is 1. The minimum Gasteiger partial charge on any atom is -0.374 e. The molecule has 0 aromatic heterocycles. The number of hydrogen-bond acceptors (Lipinski definition) is 3. The smallest absolute Gasteiger partial charge is 0.249 e. The second-order valence-electron chi connectivity index (χ2n) is 6.00. The highest BCUT2D eigenvalue weighted by Gasteiger charge is 2.27. The maximum atomic E-state index is 12.8. The minimum absolute atomic E-state index is 0.0462. The molecule has 5 nitrogen and oxygen atoms in total. The van der Waals surface area contributed by atoms with Gasteiger partial charge in [-0.25, -0.2) is 0 Å². The molecule has 2 amide bonds. The van der Waals surface area contributed by atoms with Crippen LogP contribution in [-0.4, -0.2) is 24.4 Å². The Hall–Kier alpha value is -2.82. The molecule has 1 aliphatic heterocycles. The molecule has 5 heteroatoms. The van der Waals surface area contributed by atoms with Crippen LogP contribution in [-0.2, 0) is 16.0 Å². The summed E-state index contributed by atoms with van der Waals surface area (Å²) in [6.07, 6.45) is 0.895. The fourth-order valence-electron chi connectivity index (χ4n) is 3.00. The summed E-state index contributed by atoms with van der Waals surface area (Å²) in [6, 6.07) is 15.0. The summed E-state index contributed by atoms with van der Waals surface area (Å²) in [5.74, 6) is -0.0742. The van der Waals surface area contributed by atoms with Gasteiger partial charge in [-0.1, -0.05) is 24.3 Å². The Morgan fingerprint density at radius 1 is 1.08 bits per heavy atom. The Labute approximate surface area is 141 Å². The van der Waals surface area contributed by atoms with Gasteiger partial charge in [0.25, 0.3) is 0 Å². The zero-order valence-corrected chi connectivity index (χ0v) is 13.9. The third kappa shape index (κ3) is 3.40. The lowest BCUT2D eigenvalue weighted by molar-refractivity contribution is -0.119. The zero-order valence-electron chi connectivity index (χ0n) is 13.9. The van der Waals surface area contributed by atoms with E-state index in [0.29, 0.717) is 5.69 Å². The molecule has 0 saturated carbocycles. The summed E-state index contributed by atoms with van der Waals surface area (Å²) in [7, 11) is 0. The molecule has 0 bridgehead atoms. The molecule has 1 atom stereocenters. The second-order valence-corrected chi connectivity index (χ2v) is 6.00. The Bertz CT molecular complexity index is 773. The number of carbonyl (C=O) groups is 2. The van der Waals surface area contributed by atoms with Gasteiger partial charge in [0, 0.05) is 30.5 Å². The summed E-state index contributed by atoms with van der Waals surface area (Å²) < 4.78 is 0. The van der Waals surface area contributed by atoms with Crippen LogP contribution in [0.3, 0.4) is 0 Å². The van der Waals surface area contributed by atoms with E-state index in [4.69, 9.17) is 0 Å². The van der Waals surface area contributed by atoms with E-state index < -0.39 is 0 Å². The summed E-state index contributed by atoms with van der Waals surface area (Å²) >= 11 is 0. The highest BCUT2D eigenvalue weighted by atomic mass is 16.2. The SMILES string of the molecule is CC(=O)Nc1cccc(N[C@@H](C)C(=O)N2CCc3ccccc32)c1. The quantitative estimate of drug-likeness (QED) is 0.909. The zero-order chi connectivity index (χ0) is 17.1. The number of rotatable bonds is 4. The van der Waals surface area contributed by atoms with Crippen molar-refractivity contribution in [2.24, 2.45) is 0 Å². The molecule has 0 aliphatic carbocycles. The Morgan fingerprint density at radius 2 is 1.83 bits per heavy atom. The van der Waals surface area contributed by atoms with Crippen LogP contribution < -0.4 is 15.5 Å². The predicted molar refractivity (Wildman–Crippen MR) is 96.3 cm³/mol. The number of anilines is 3. The Morgan fingerprint density at radius 3 is 2.62 bits per heavy atom. The maximum absolute atomic E-state index is 12.8. The van der Waals surface area contributed by atoms with E-state index in [0.717, 1.165) is 24.3 Å². The summed E-state index contributed by atoms with van der Waals surface area (Å²) in [5, 5.41) is 5.96. The second kappa shape index (κ2) is 6.74. The van der Waals surface area contributed by atoms with E-state index in [1.165, 1.54) is 12.5 Å². The highest BCUT2D eigenvalue weighted by Crippen LogP contribution is 2.28. The summed E-state index contributed by atoms with van der Waals surface area (Å²) in [4.78, 5) is 25.8. The van der Waals surface area contributed by atoms with E-state index >= 15 is 0 Å². The Kier molecular flexibility index (Phi) is 4.51. The molecule has 2 aromatic rings. The van der Waals surface area contributed by atoms with Crippen molar-refractivity contribution in [3.05, 3.63) is 54.1 Å². The molecular weight excluding hydrogens is 302 g/mol. The topological polar surface area (TPSA) is 61.4 Å². The first-order valence-electron chi connectivity index (χ1n) is 8.08. The molecule has 0 radical (unpaired) electrons. The summed E-state index contributed by atoms with van der Waals surface area (Å²) in [6.45, 7) is 4.04. The molecule has 0 unspecified atom stereocenters. The van der Waals surface area contributed by atoms with Gasteiger partial charge in [0.15, 0.2) is 0 Å². The number of amides is 2. The van der Waals surface area contributed by atoms with Crippen LogP contribution in [0, 0.1) is 0 Å². The third-order valence-electron chi connectivity index (χ3n) is 4.09. The van der Waals surface area contributed by atoms with Gasteiger partial charge in [0.05, 0.1) is 0 Å². The lowest BCUT2D eigenvalue weighted by atomic mass is 10.2. The molecule has 2 N–H and O–H groups in total. The fourth-order valence-corrected chi connectivity index (χ4v) is 3.00. The number of benzene rings is 2. The highest BCUT2D eigenvalue weighted by molar-refractivity contribution is 6.00. The molecular formula is C19H21N3O2. The monoisotopic (exact) mass is 323 g/mol. The first-order chi connectivity index (χ1) is 11.5. The lowest BCUT2D eigenvalue weighted by Crippen LogP contribution is -2.40. The van der Waals surface area contributed by atoms with Gasteiger partial charge in [0.2, 0.25) is 11.8 Å². The number of hydrogen-bond donors (Lipinski definition) is 2. The van der Waals surface area contributed by atoms with E-state index in [2.05, 4.69) is 16.7 Å². The average molecular weight is 323 g/mol. The van der Waals surface area contributed by atoms with Crippen LogP contribution in [0.15, 0.2) is 48.5 Å². The molecule has 0 saturated heterocycles. The van der Waals surface area contributed by atoms with E-state index in [1.807, 2.05) is 54.3 Å². The molecule has 0 spiro atoms. The largest absolute Gasteiger partial charge is 0.374 e. The van der Waals surface area contributed by atoms with E-state index in [1.54, 1.807) is 0 Å². The van der Waals surface area contributed by atoms with E-state index in [9.17, 15) is 9.59 Å². The van der Waals surface area contributed by atoms with Gasteiger partial charge in [-0.3, -0.25) is 9.59 Å². The van der Waals surface area contributed by atoms with Crippen molar-refractivity contribution >= 4 is 28.9 Å². The molecule has 24 heavy (non-hydrogen) atoms. The molecule has 2 aromatic carbocycles. The normalized spacial score (nSPS) is 14.0. The van der Waals surface area contributed by atoms with Gasteiger partial charge in [-0.15, -0.1) is 0 Å². The van der Waals surface area contributed by atoms with Crippen LogP contribution >= 0.6 is 0 Å². The van der Waals surface area contributed by atoms with Crippen LogP contribution in [0.2, 0.25) is 0 Å². The van der Waals surface area contributed by atoms with Gasteiger partial charge in [-0.05, 0) is 43.2 Å². The lowest BCUT2D eigenvalue weighted by Gasteiger charge is -2.23. The molecule has 1 heterocycles. The van der Waals surface area contributed by atoms with Crippen molar-refractivity contribution in [2.45, 2.75) is 26.3 Å². The van der Waals surface area contributed by atoms with Gasteiger partial charge in [-0.2, -0.15) is 0 Å². The van der Waals surface area contributed by atoms with Crippen molar-refractivity contribution in [3.63, 3.8) is 0 Å². The van der Waals surface area contributed by atoms with Crippen molar-refractivity contribution in [3.8, 4) is 0 Å². The van der Waals surface area contributed by atoms with Crippen molar-refractivity contribution in [2.75, 3.05) is 22.1 Å². The summed E-state index contributed by atoms with van der Waals surface area (Å²) in [5.41, 5.74) is 3.72. The standard InChI is InChI=1S/C19H21N3O2/c1-13(20-16-7-5-8-17(12-16)21-14(2)23)19(24)22-11-10-15-6-3-4-9-18(15)22/h3-9,12-13,20H,10-11H2,1-2H3,(H,21,23)/t13-/m0/s1. The molecule has 1 aliphatic rings. The van der Waals surface area contributed by atoms with Gasteiger partial charge < -0.3 is 15.5 Å². The Balaban J connectivity index is 1.70. The number of carbonyl (C=O) groups excluding carboxylic acids is 2. The van der Waals surface area contributed by atoms with Crippen LogP contribution in [0.25, 0.3) is 0 Å². The third-order valence-corrected chi connectivity index (χ3v) is 4.09. The first-order valence-corrected chi connectivity index (χ1v) is 8.08. The number of fused-ring (bicyclic) bond motifs is 1. The predicted octanol–water partition coefficient (Wildman–Crippen LogP) is 3.03. The van der Waals surface area contributed by atoms with Crippen molar-refractivity contribution in [1.29, 1.82) is 0 Å². The van der Waals surface area contributed by atoms with E-state index in [-0.39, 0.29) is 17.9 Å². The number of nitrogens with zero attached hydrogens (tertiary/aromatic N) is 1. The fraction of sp³-hybridized carbons (Fsp3) is 0.263. The van der Waals surface area contributed by atoms with Crippen LogP contribution in [0.4, 0.5) is 17.1 Å². The van der Waals surface area contributed by atoms with Crippen molar-refractivity contribution < 1.29 is 9.59 Å². The minimum atomic E-state index is -0.358. The molecule has 0 fully saturated rings. The molecule has 124 valence electrons. The van der Waals surface area contributed by atoms with Gasteiger partial charge >= 0.3 is 0 Å². The van der Waals surface area contributed by atoms with Crippen molar-refractivity contribution in [1.82, 2.24) is 0 Å². The first kappa shape index (κ1) is 16.1. The maximum Gasteiger partial charge on any atom is 0.249 e.